The highest BCUT2D eigenvalue weighted by atomic mass is 32.2. The highest BCUT2D eigenvalue weighted by Crippen LogP contribution is 2.23. The van der Waals surface area contributed by atoms with Crippen LogP contribution in [0.2, 0.25) is 0 Å². The van der Waals surface area contributed by atoms with E-state index in [0.717, 1.165) is 12.8 Å². The molecule has 0 spiro atoms. The zero-order chi connectivity index (χ0) is 23.0. The Kier molecular flexibility index (Phi) is 5.73. The number of hydrogen-bond donors (Lipinski definition) is 2. The molecule has 9 nitrogen and oxygen atoms in total. The van der Waals surface area contributed by atoms with E-state index in [2.05, 4.69) is 19.6 Å². The van der Waals surface area contributed by atoms with Crippen LogP contribution in [0.1, 0.15) is 29.0 Å². The SMILES string of the molecule is O=C(c1cccc(S(=O)(=O)NC2CC2)c1)N1CCN(Cc2nc3ccccc3c(=O)[nH]2)CC1. The number of para-hydroxylation sites is 1. The van der Waals surface area contributed by atoms with Crippen LogP contribution in [0.4, 0.5) is 0 Å². The van der Waals surface area contributed by atoms with E-state index in [9.17, 15) is 18.0 Å². The number of rotatable bonds is 6. The van der Waals surface area contributed by atoms with Crippen molar-refractivity contribution in [1.82, 2.24) is 24.5 Å². The molecule has 1 saturated heterocycles. The number of H-pyrrole nitrogens is 1. The Hall–Kier alpha value is -3.08. The van der Waals surface area contributed by atoms with E-state index in [1.807, 2.05) is 18.2 Å². The molecule has 10 heteroatoms. The summed E-state index contributed by atoms with van der Waals surface area (Å²) < 4.78 is 27.6. The second-order valence-corrected chi connectivity index (χ2v) is 10.2. The first kappa shape index (κ1) is 21.7. The van der Waals surface area contributed by atoms with Gasteiger partial charge in [0, 0.05) is 37.8 Å². The predicted molar refractivity (Wildman–Crippen MR) is 123 cm³/mol. The average Bonchev–Trinajstić information content (AvgIpc) is 3.63. The Bertz CT molecular complexity index is 1360. The number of amides is 1. The van der Waals surface area contributed by atoms with Crippen LogP contribution < -0.4 is 10.3 Å². The van der Waals surface area contributed by atoms with Crippen LogP contribution >= 0.6 is 0 Å². The molecule has 2 N–H and O–H groups in total. The van der Waals surface area contributed by atoms with Gasteiger partial charge in [-0.15, -0.1) is 0 Å². The van der Waals surface area contributed by atoms with Crippen molar-refractivity contribution in [3.63, 3.8) is 0 Å². The van der Waals surface area contributed by atoms with Gasteiger partial charge in [-0.25, -0.2) is 18.1 Å². The fourth-order valence-corrected chi connectivity index (χ4v) is 5.35. The third kappa shape index (κ3) is 4.82. The van der Waals surface area contributed by atoms with Gasteiger partial charge in [-0.05, 0) is 43.2 Å². The normalized spacial score (nSPS) is 17.4. The summed E-state index contributed by atoms with van der Waals surface area (Å²) in [5, 5.41) is 0.563. The van der Waals surface area contributed by atoms with Crippen molar-refractivity contribution in [3.05, 3.63) is 70.3 Å². The molecule has 1 aliphatic heterocycles. The highest BCUT2D eigenvalue weighted by molar-refractivity contribution is 7.89. The van der Waals surface area contributed by atoms with Crippen LogP contribution in [-0.4, -0.2) is 66.3 Å². The lowest BCUT2D eigenvalue weighted by Gasteiger charge is -2.34. The number of benzene rings is 2. The zero-order valence-electron chi connectivity index (χ0n) is 18.0. The molecule has 0 bridgehead atoms. The predicted octanol–water partition coefficient (Wildman–Crippen LogP) is 1.32. The van der Waals surface area contributed by atoms with Crippen molar-refractivity contribution in [2.24, 2.45) is 0 Å². The number of nitrogens with one attached hydrogen (secondary N) is 2. The summed E-state index contributed by atoms with van der Waals surface area (Å²) in [6, 6.07) is 13.4. The average molecular weight is 468 g/mol. The van der Waals surface area contributed by atoms with Crippen LogP contribution in [0.25, 0.3) is 10.9 Å². The van der Waals surface area contributed by atoms with E-state index in [-0.39, 0.29) is 22.4 Å². The molecule has 1 aromatic heterocycles. The number of piperazine rings is 1. The summed E-state index contributed by atoms with van der Waals surface area (Å²) in [5.74, 6) is 0.412. The molecule has 5 rings (SSSR count). The highest BCUT2D eigenvalue weighted by Gasteiger charge is 2.29. The van der Waals surface area contributed by atoms with Crippen molar-refractivity contribution >= 4 is 26.8 Å². The second kappa shape index (κ2) is 8.69. The third-order valence-corrected chi connectivity index (χ3v) is 7.50. The van der Waals surface area contributed by atoms with Crippen molar-refractivity contribution in [3.8, 4) is 0 Å². The molecule has 3 aromatic rings. The van der Waals surface area contributed by atoms with Gasteiger partial charge >= 0.3 is 0 Å². The minimum absolute atomic E-state index is 0.00877. The van der Waals surface area contributed by atoms with Gasteiger partial charge in [0.2, 0.25) is 10.0 Å². The Labute approximate surface area is 191 Å². The van der Waals surface area contributed by atoms with E-state index in [0.29, 0.717) is 55.0 Å². The van der Waals surface area contributed by atoms with Crippen LogP contribution in [0, 0.1) is 0 Å². The van der Waals surface area contributed by atoms with Gasteiger partial charge in [0.05, 0.1) is 22.3 Å². The van der Waals surface area contributed by atoms with Crippen molar-refractivity contribution in [1.29, 1.82) is 0 Å². The van der Waals surface area contributed by atoms with Crippen molar-refractivity contribution < 1.29 is 13.2 Å². The largest absolute Gasteiger partial charge is 0.336 e. The van der Waals surface area contributed by atoms with Crippen LogP contribution in [0.3, 0.4) is 0 Å². The first-order valence-electron chi connectivity index (χ1n) is 11.0. The van der Waals surface area contributed by atoms with E-state index < -0.39 is 10.0 Å². The molecule has 1 saturated carbocycles. The molecule has 172 valence electrons. The van der Waals surface area contributed by atoms with Gasteiger partial charge in [-0.2, -0.15) is 0 Å². The molecule has 2 aliphatic rings. The number of carbonyl (C=O) groups excluding carboxylic acids is 1. The fraction of sp³-hybridized carbons (Fsp3) is 0.348. The Morgan fingerprint density at radius 2 is 1.82 bits per heavy atom. The number of sulfonamides is 1. The maximum absolute atomic E-state index is 13.0. The lowest BCUT2D eigenvalue weighted by molar-refractivity contribution is 0.0625. The van der Waals surface area contributed by atoms with Crippen LogP contribution in [0.15, 0.2) is 58.2 Å². The number of aromatic nitrogens is 2. The standard InChI is InChI=1S/C23H25N5O4S/c29-22-19-6-1-2-7-20(19)24-21(25-22)15-27-10-12-28(13-11-27)23(30)16-4-3-5-18(14-16)33(31,32)26-17-8-9-17/h1-7,14,17,26H,8-13,15H2,(H,24,25,29). The number of fused-ring (bicyclic) bond motifs is 1. The Morgan fingerprint density at radius 1 is 1.06 bits per heavy atom. The lowest BCUT2D eigenvalue weighted by atomic mass is 10.2. The number of hydrogen-bond acceptors (Lipinski definition) is 6. The summed E-state index contributed by atoms with van der Waals surface area (Å²) in [4.78, 5) is 36.7. The molecule has 0 unspecified atom stereocenters. The zero-order valence-corrected chi connectivity index (χ0v) is 18.8. The number of aromatic amines is 1. The molecule has 2 fully saturated rings. The maximum Gasteiger partial charge on any atom is 0.258 e. The van der Waals surface area contributed by atoms with Crippen molar-refractivity contribution in [2.45, 2.75) is 30.3 Å². The van der Waals surface area contributed by atoms with Crippen molar-refractivity contribution in [2.75, 3.05) is 26.2 Å². The lowest BCUT2D eigenvalue weighted by Crippen LogP contribution is -2.48. The van der Waals surface area contributed by atoms with Crippen LogP contribution in [0.5, 0.6) is 0 Å². The quantitative estimate of drug-likeness (QED) is 0.565. The smallest absolute Gasteiger partial charge is 0.258 e. The summed E-state index contributed by atoms with van der Waals surface area (Å²) in [5.41, 5.74) is 0.870. The summed E-state index contributed by atoms with van der Waals surface area (Å²) in [6.07, 6.45) is 1.70. The molecule has 2 aromatic carbocycles. The van der Waals surface area contributed by atoms with E-state index >= 15 is 0 Å². The topological polar surface area (TPSA) is 115 Å². The summed E-state index contributed by atoms with van der Waals surface area (Å²) in [7, 11) is -3.61. The minimum atomic E-state index is -3.61. The first-order chi connectivity index (χ1) is 15.9. The van der Waals surface area contributed by atoms with E-state index in [1.165, 1.54) is 12.1 Å². The molecule has 0 atom stereocenters. The molecule has 1 amide bonds. The van der Waals surface area contributed by atoms with Gasteiger partial charge in [-0.1, -0.05) is 18.2 Å². The molecular weight excluding hydrogens is 442 g/mol. The Morgan fingerprint density at radius 3 is 2.58 bits per heavy atom. The minimum Gasteiger partial charge on any atom is -0.336 e. The summed E-state index contributed by atoms with van der Waals surface area (Å²) in [6.45, 7) is 2.76. The Balaban J connectivity index is 1.23. The van der Waals surface area contributed by atoms with Gasteiger partial charge in [0.25, 0.3) is 11.5 Å². The molecule has 1 aliphatic carbocycles. The second-order valence-electron chi connectivity index (χ2n) is 8.52. The van der Waals surface area contributed by atoms with Gasteiger partial charge in [-0.3, -0.25) is 14.5 Å². The van der Waals surface area contributed by atoms with E-state index in [1.54, 1.807) is 23.1 Å². The van der Waals surface area contributed by atoms with Gasteiger partial charge < -0.3 is 9.88 Å². The third-order valence-electron chi connectivity index (χ3n) is 5.99. The van der Waals surface area contributed by atoms with E-state index in [4.69, 9.17) is 0 Å². The molecule has 33 heavy (non-hydrogen) atoms. The summed E-state index contributed by atoms with van der Waals surface area (Å²) >= 11 is 0. The fourth-order valence-electron chi connectivity index (χ4n) is 4.00. The number of carbonyl (C=O) groups is 1. The molecular formula is C23H25N5O4S. The van der Waals surface area contributed by atoms with Gasteiger partial charge in [0.15, 0.2) is 0 Å². The maximum atomic E-state index is 13.0. The molecule has 2 heterocycles. The van der Waals surface area contributed by atoms with Crippen LogP contribution in [-0.2, 0) is 16.6 Å². The van der Waals surface area contributed by atoms with Gasteiger partial charge in [0.1, 0.15) is 5.82 Å². The molecule has 0 radical (unpaired) electrons. The number of nitrogens with zero attached hydrogens (tertiary/aromatic N) is 3. The first-order valence-corrected chi connectivity index (χ1v) is 12.5. The monoisotopic (exact) mass is 467 g/mol.